The van der Waals surface area contributed by atoms with Gasteiger partial charge < -0.3 is 9.64 Å². The van der Waals surface area contributed by atoms with Gasteiger partial charge >= 0.3 is 6.03 Å². The van der Waals surface area contributed by atoms with Gasteiger partial charge in [-0.05, 0) is 35.2 Å². The number of hydrogen-bond donors (Lipinski definition) is 1. The molecule has 0 saturated carbocycles. The highest BCUT2D eigenvalue weighted by Crippen LogP contribution is 2.37. The summed E-state index contributed by atoms with van der Waals surface area (Å²) in [5, 5.41) is 0. The van der Waals surface area contributed by atoms with Crippen molar-refractivity contribution in [3.63, 3.8) is 0 Å². The molecule has 1 N–H and O–H groups in total. The molecule has 3 aromatic carbocycles. The number of amides is 3. The average molecular weight is 488 g/mol. The van der Waals surface area contributed by atoms with Gasteiger partial charge in [0.2, 0.25) is 5.91 Å². The molecule has 4 rings (SSSR count). The highest BCUT2D eigenvalue weighted by atomic mass is 16.6. The van der Waals surface area contributed by atoms with Gasteiger partial charge in [0.25, 0.3) is 0 Å². The monoisotopic (exact) mass is 487 g/mol. The van der Waals surface area contributed by atoms with Crippen LogP contribution in [0.3, 0.4) is 0 Å². The standard InChI is InChI=1S/C29H33N3O4/c1-21(2)17-28(33)30-36-20-24-11-7-8-12-26(24)32-27(23-13-15-25(35-3)16-14-23)19-31(29(32)34)18-22-9-5-4-6-10-22/h4-16,21,27H,17-20H2,1-3H3,(H,30,33). The summed E-state index contributed by atoms with van der Waals surface area (Å²) in [5.41, 5.74) is 6.19. The van der Waals surface area contributed by atoms with Crippen LogP contribution in [0.2, 0.25) is 0 Å². The number of para-hydroxylation sites is 1. The number of methoxy groups -OCH3 is 1. The first-order chi connectivity index (χ1) is 17.5. The largest absolute Gasteiger partial charge is 0.497 e. The molecular formula is C29H33N3O4. The predicted molar refractivity (Wildman–Crippen MR) is 139 cm³/mol. The number of ether oxygens (including phenoxy) is 1. The second kappa shape index (κ2) is 11.7. The maximum atomic E-state index is 13.8. The van der Waals surface area contributed by atoms with Gasteiger partial charge in [0.1, 0.15) is 12.4 Å². The third-order valence-corrected chi connectivity index (χ3v) is 6.16. The number of hydrogen-bond acceptors (Lipinski definition) is 4. The van der Waals surface area contributed by atoms with Gasteiger partial charge in [0.15, 0.2) is 0 Å². The van der Waals surface area contributed by atoms with E-state index in [1.807, 2.05) is 103 Å². The van der Waals surface area contributed by atoms with E-state index in [-0.39, 0.29) is 30.5 Å². The van der Waals surface area contributed by atoms with Crippen molar-refractivity contribution in [1.82, 2.24) is 10.4 Å². The fourth-order valence-electron chi connectivity index (χ4n) is 4.42. The van der Waals surface area contributed by atoms with Gasteiger partial charge in [-0.1, -0.05) is 74.5 Å². The van der Waals surface area contributed by atoms with Crippen LogP contribution in [0.4, 0.5) is 10.5 Å². The zero-order valence-corrected chi connectivity index (χ0v) is 21.0. The first kappa shape index (κ1) is 25.3. The van der Waals surface area contributed by atoms with E-state index < -0.39 is 0 Å². The minimum Gasteiger partial charge on any atom is -0.497 e. The normalized spacial score (nSPS) is 15.4. The van der Waals surface area contributed by atoms with Crippen molar-refractivity contribution in [2.75, 3.05) is 18.6 Å². The van der Waals surface area contributed by atoms with Crippen molar-refractivity contribution in [2.45, 2.75) is 39.5 Å². The Bertz CT molecular complexity index is 1160. The lowest BCUT2D eigenvalue weighted by atomic mass is 10.0. The maximum Gasteiger partial charge on any atom is 0.325 e. The second-order valence-corrected chi connectivity index (χ2v) is 9.35. The molecule has 1 saturated heterocycles. The van der Waals surface area contributed by atoms with E-state index >= 15 is 0 Å². The summed E-state index contributed by atoms with van der Waals surface area (Å²) in [6.45, 7) is 5.17. The molecule has 7 nitrogen and oxygen atoms in total. The molecule has 188 valence electrons. The molecule has 1 heterocycles. The molecule has 1 aliphatic heterocycles. The molecule has 0 radical (unpaired) electrons. The van der Waals surface area contributed by atoms with Crippen molar-refractivity contribution in [1.29, 1.82) is 0 Å². The van der Waals surface area contributed by atoms with Crippen LogP contribution < -0.4 is 15.1 Å². The fraction of sp³-hybridized carbons (Fsp3) is 0.310. The molecule has 1 aliphatic rings. The molecule has 3 aromatic rings. The van der Waals surface area contributed by atoms with Crippen LogP contribution in [0.5, 0.6) is 5.75 Å². The number of carbonyl (C=O) groups is 2. The van der Waals surface area contributed by atoms with Gasteiger partial charge in [-0.3, -0.25) is 14.5 Å². The lowest BCUT2D eigenvalue weighted by molar-refractivity contribution is -0.135. The van der Waals surface area contributed by atoms with Crippen LogP contribution in [0.15, 0.2) is 78.9 Å². The summed E-state index contributed by atoms with van der Waals surface area (Å²) < 4.78 is 5.33. The second-order valence-electron chi connectivity index (χ2n) is 9.35. The van der Waals surface area contributed by atoms with Crippen molar-refractivity contribution >= 4 is 17.6 Å². The molecule has 1 fully saturated rings. The summed E-state index contributed by atoms with van der Waals surface area (Å²) >= 11 is 0. The Hall–Kier alpha value is -3.84. The van der Waals surface area contributed by atoms with E-state index in [2.05, 4.69) is 5.48 Å². The van der Waals surface area contributed by atoms with Gasteiger partial charge in [-0.25, -0.2) is 10.3 Å². The fourth-order valence-corrected chi connectivity index (χ4v) is 4.42. The van der Waals surface area contributed by atoms with E-state index in [4.69, 9.17) is 9.57 Å². The molecule has 0 bridgehead atoms. The Morgan fingerprint density at radius 2 is 1.69 bits per heavy atom. The third kappa shape index (κ3) is 6.04. The van der Waals surface area contributed by atoms with Crippen molar-refractivity contribution < 1.29 is 19.2 Å². The first-order valence-electron chi connectivity index (χ1n) is 12.2. The van der Waals surface area contributed by atoms with Crippen LogP contribution in [-0.2, 0) is 22.8 Å². The number of rotatable bonds is 10. The van der Waals surface area contributed by atoms with Gasteiger partial charge in [0.05, 0.1) is 18.8 Å². The maximum absolute atomic E-state index is 13.8. The Morgan fingerprint density at radius 3 is 2.39 bits per heavy atom. The highest BCUT2D eigenvalue weighted by molar-refractivity contribution is 5.96. The lowest BCUT2D eigenvalue weighted by Gasteiger charge is -2.26. The molecule has 0 aliphatic carbocycles. The Labute approximate surface area is 212 Å². The van der Waals surface area contributed by atoms with Crippen LogP contribution in [0.1, 0.15) is 43.0 Å². The summed E-state index contributed by atoms with van der Waals surface area (Å²) in [4.78, 5) is 35.1. The van der Waals surface area contributed by atoms with E-state index in [1.165, 1.54) is 0 Å². The predicted octanol–water partition coefficient (Wildman–Crippen LogP) is 5.47. The molecular weight excluding hydrogens is 454 g/mol. The van der Waals surface area contributed by atoms with Crippen LogP contribution >= 0.6 is 0 Å². The SMILES string of the molecule is COc1ccc(C2CN(Cc3ccccc3)C(=O)N2c2ccccc2CONC(=O)CC(C)C)cc1. The number of nitrogens with one attached hydrogen (secondary N) is 1. The summed E-state index contributed by atoms with van der Waals surface area (Å²) in [7, 11) is 1.64. The number of anilines is 1. The van der Waals surface area contributed by atoms with Crippen LogP contribution in [0.25, 0.3) is 0 Å². The first-order valence-corrected chi connectivity index (χ1v) is 12.2. The van der Waals surface area contributed by atoms with Crippen molar-refractivity contribution in [3.8, 4) is 5.75 Å². The molecule has 0 aromatic heterocycles. The van der Waals surface area contributed by atoms with Gasteiger partial charge in [0, 0.05) is 25.1 Å². The molecule has 7 heteroatoms. The van der Waals surface area contributed by atoms with Crippen LogP contribution in [-0.4, -0.2) is 30.5 Å². The van der Waals surface area contributed by atoms with Crippen LogP contribution in [0, 0.1) is 5.92 Å². The average Bonchev–Trinajstić information content (AvgIpc) is 3.20. The Kier molecular flexibility index (Phi) is 8.23. The third-order valence-electron chi connectivity index (χ3n) is 6.16. The molecule has 1 unspecified atom stereocenters. The summed E-state index contributed by atoms with van der Waals surface area (Å²) in [6.07, 6.45) is 0.389. The molecule has 36 heavy (non-hydrogen) atoms. The molecule has 0 spiro atoms. The van der Waals surface area contributed by atoms with Gasteiger partial charge in [-0.15, -0.1) is 0 Å². The minimum atomic E-state index is -0.191. The highest BCUT2D eigenvalue weighted by Gasteiger charge is 2.40. The molecule has 1 atom stereocenters. The molecule has 3 amide bonds. The smallest absolute Gasteiger partial charge is 0.325 e. The summed E-state index contributed by atoms with van der Waals surface area (Å²) in [5.74, 6) is 0.843. The number of hydroxylamine groups is 1. The van der Waals surface area contributed by atoms with Crippen molar-refractivity contribution in [3.05, 3.63) is 95.6 Å². The van der Waals surface area contributed by atoms with E-state index in [0.29, 0.717) is 19.5 Å². The number of urea groups is 1. The Balaban J connectivity index is 1.61. The van der Waals surface area contributed by atoms with E-state index in [9.17, 15) is 9.59 Å². The van der Waals surface area contributed by atoms with E-state index in [1.54, 1.807) is 7.11 Å². The zero-order chi connectivity index (χ0) is 25.5. The minimum absolute atomic E-state index is 0.0732. The Morgan fingerprint density at radius 1 is 1.00 bits per heavy atom. The number of nitrogens with zero attached hydrogens (tertiary/aromatic N) is 2. The topological polar surface area (TPSA) is 71.1 Å². The van der Waals surface area contributed by atoms with E-state index in [0.717, 1.165) is 28.1 Å². The quantitative estimate of drug-likeness (QED) is 0.385. The number of benzene rings is 3. The van der Waals surface area contributed by atoms with Gasteiger partial charge in [-0.2, -0.15) is 0 Å². The number of carbonyl (C=O) groups excluding carboxylic acids is 2. The lowest BCUT2D eigenvalue weighted by Crippen LogP contribution is -2.33. The zero-order valence-electron chi connectivity index (χ0n) is 21.0. The summed E-state index contributed by atoms with van der Waals surface area (Å²) in [6, 6.07) is 25.2. The van der Waals surface area contributed by atoms with Crippen molar-refractivity contribution in [2.24, 2.45) is 5.92 Å².